The Kier molecular flexibility index (Phi) is 11.0. The van der Waals surface area contributed by atoms with Gasteiger partial charge in [0.1, 0.15) is 0 Å². The van der Waals surface area contributed by atoms with Crippen molar-refractivity contribution in [2.24, 2.45) is 0 Å². The summed E-state index contributed by atoms with van der Waals surface area (Å²) in [6, 6.07) is 95.0. The first kappa shape index (κ1) is 46.8. The Balaban J connectivity index is 0.786. The summed E-state index contributed by atoms with van der Waals surface area (Å²) in [5.41, 5.74) is 18.1. The highest BCUT2D eigenvalue weighted by Gasteiger charge is 2.22. The first-order valence-electron chi connectivity index (χ1n) is 27.6. The Hall–Kier alpha value is -11.2. The monoisotopic (exact) mass is 1050 g/mol. The summed E-state index contributed by atoms with van der Waals surface area (Å²) in [4.78, 5) is 24.6. The van der Waals surface area contributed by atoms with Gasteiger partial charge in [-0.25, -0.2) is 9.97 Å². The first-order valence-corrected chi connectivity index (χ1v) is 27.6. The van der Waals surface area contributed by atoms with Crippen LogP contribution < -0.4 is 9.80 Å². The van der Waals surface area contributed by atoms with Crippen molar-refractivity contribution in [2.75, 3.05) is 9.80 Å². The van der Waals surface area contributed by atoms with E-state index in [-0.39, 0.29) is 0 Å². The molecule has 16 rings (SSSR count). The second-order valence-electron chi connectivity index (χ2n) is 20.7. The molecule has 5 heterocycles. The zero-order chi connectivity index (χ0) is 54.1. The molecule has 0 amide bonds. The van der Waals surface area contributed by atoms with Crippen molar-refractivity contribution >= 4 is 110 Å². The van der Waals surface area contributed by atoms with Crippen LogP contribution in [0.25, 0.3) is 110 Å². The number of fused-ring (bicyclic) bond motifs is 9. The molecule has 8 heteroatoms. The van der Waals surface area contributed by atoms with Crippen LogP contribution in [0.5, 0.6) is 0 Å². The molecule has 0 saturated carbocycles. The van der Waals surface area contributed by atoms with Gasteiger partial charge >= 0.3 is 0 Å². The van der Waals surface area contributed by atoms with Crippen LogP contribution in [0.15, 0.2) is 292 Å². The van der Waals surface area contributed by atoms with Crippen LogP contribution in [0.4, 0.5) is 34.1 Å². The first-order chi connectivity index (χ1) is 40.7. The molecule has 0 radical (unpaired) electrons. The summed E-state index contributed by atoms with van der Waals surface area (Å²) in [5, 5.41) is 9.28. The van der Waals surface area contributed by atoms with Gasteiger partial charge in [0, 0.05) is 102 Å². The molecule has 82 heavy (non-hydrogen) atoms. The quantitative estimate of drug-likeness (QED) is 0.136. The van der Waals surface area contributed by atoms with Gasteiger partial charge in [-0.2, -0.15) is 0 Å². The molecule has 11 aromatic carbocycles. The van der Waals surface area contributed by atoms with Crippen LogP contribution in [0.3, 0.4) is 0 Å². The van der Waals surface area contributed by atoms with Crippen molar-refractivity contribution in [3.63, 3.8) is 0 Å². The standard InChI is InChI=1S/C74H48N8/c1-7-21-67-59(15-1)60-16-2-8-22-68(60)81(67)57-39-35-55(36-40-57)79(71-25-11-13-49-43-45-75-47-63(49)71)53-31-27-51(28-32-53)73-74(78-66-20-6-5-19-65(66)77-73)52-29-33-54(34-30-52)80(72-26-12-14-50-44-46-76-48-64(50)72)56-37-41-58(42-38-56)82-69-23-9-3-17-61(69)62-18-4-10-24-70(62)82/h1-48H. The SMILES string of the molecule is c1cc(N(c2ccc(-c3nc4ccccc4nc3-c3ccc(N(c4ccc(-n5c6ccccc6c6ccccc65)cc4)c4cccc5ccncc45)cc3)cc2)c2ccc(-n3c4ccccc4c4ccccc43)cc2)c2cnccc2c1. The maximum absolute atomic E-state index is 5.38. The lowest BCUT2D eigenvalue weighted by Crippen LogP contribution is -2.11. The smallest absolute Gasteiger partial charge is 0.0973 e. The van der Waals surface area contributed by atoms with Crippen molar-refractivity contribution in [3.05, 3.63) is 292 Å². The molecule has 0 fully saturated rings. The topological polar surface area (TPSA) is 67.9 Å². The molecule has 0 unspecified atom stereocenters. The lowest BCUT2D eigenvalue weighted by Gasteiger charge is -2.27. The van der Waals surface area contributed by atoms with Crippen molar-refractivity contribution in [1.82, 2.24) is 29.1 Å². The number of hydrogen-bond donors (Lipinski definition) is 0. The third kappa shape index (κ3) is 7.76. The van der Waals surface area contributed by atoms with Gasteiger partial charge < -0.3 is 18.9 Å². The predicted octanol–water partition coefficient (Wildman–Crippen LogP) is 19.2. The van der Waals surface area contributed by atoms with Gasteiger partial charge in [0.25, 0.3) is 0 Å². The molecule has 0 aliphatic heterocycles. The Bertz CT molecular complexity index is 4660. The van der Waals surface area contributed by atoms with Crippen LogP contribution in [0.2, 0.25) is 0 Å². The fourth-order valence-electron chi connectivity index (χ4n) is 12.3. The van der Waals surface area contributed by atoms with E-state index in [2.05, 4.69) is 272 Å². The Morgan fingerprint density at radius 2 is 0.598 bits per heavy atom. The molecule has 0 aliphatic rings. The lowest BCUT2D eigenvalue weighted by molar-refractivity contribution is 1.17. The van der Waals surface area contributed by atoms with E-state index in [1.807, 2.05) is 49.1 Å². The molecule has 0 aliphatic carbocycles. The van der Waals surface area contributed by atoms with Gasteiger partial charge in [-0.1, -0.05) is 133 Å². The van der Waals surface area contributed by atoms with Gasteiger partial charge in [0.2, 0.25) is 0 Å². The van der Waals surface area contributed by atoms with Crippen molar-refractivity contribution in [1.29, 1.82) is 0 Å². The third-order valence-electron chi connectivity index (χ3n) is 16.1. The fraction of sp³-hybridized carbons (Fsp3) is 0. The van der Waals surface area contributed by atoms with E-state index >= 15 is 0 Å². The molecule has 5 aromatic heterocycles. The van der Waals surface area contributed by atoms with Crippen LogP contribution in [-0.2, 0) is 0 Å². The predicted molar refractivity (Wildman–Crippen MR) is 339 cm³/mol. The number of anilines is 6. The van der Waals surface area contributed by atoms with Gasteiger partial charge in [-0.3, -0.25) is 9.97 Å². The summed E-state index contributed by atoms with van der Waals surface area (Å²) in [6.07, 6.45) is 7.63. The average Bonchev–Trinajstić information content (AvgIpc) is 4.28. The molecular formula is C74H48N8. The van der Waals surface area contributed by atoms with Crippen molar-refractivity contribution in [3.8, 4) is 33.9 Å². The summed E-state index contributed by atoms with van der Waals surface area (Å²) in [5.74, 6) is 0. The minimum absolute atomic E-state index is 0.798. The Labute approximate surface area is 472 Å². The third-order valence-corrected chi connectivity index (χ3v) is 16.1. The van der Waals surface area contributed by atoms with Crippen molar-refractivity contribution in [2.45, 2.75) is 0 Å². The van der Waals surface area contributed by atoms with Gasteiger partial charge in [0.15, 0.2) is 0 Å². The highest BCUT2D eigenvalue weighted by Crippen LogP contribution is 2.44. The number of benzene rings is 11. The molecule has 8 nitrogen and oxygen atoms in total. The van der Waals surface area contributed by atoms with Gasteiger partial charge in [-0.05, 0) is 144 Å². The normalized spacial score (nSPS) is 11.7. The van der Waals surface area contributed by atoms with E-state index < -0.39 is 0 Å². The minimum atomic E-state index is 0.798. The molecule has 0 saturated heterocycles. The summed E-state index contributed by atoms with van der Waals surface area (Å²) >= 11 is 0. The highest BCUT2D eigenvalue weighted by molar-refractivity contribution is 6.10. The lowest BCUT2D eigenvalue weighted by atomic mass is 10.0. The number of rotatable bonds is 10. The molecule has 0 spiro atoms. The largest absolute Gasteiger partial charge is 0.310 e. The zero-order valence-electron chi connectivity index (χ0n) is 44.3. The van der Waals surface area contributed by atoms with E-state index in [9.17, 15) is 0 Å². The maximum Gasteiger partial charge on any atom is 0.0973 e. The second-order valence-corrected chi connectivity index (χ2v) is 20.7. The van der Waals surface area contributed by atoms with Crippen LogP contribution in [0.1, 0.15) is 0 Å². The Morgan fingerprint density at radius 3 is 0.963 bits per heavy atom. The zero-order valence-corrected chi connectivity index (χ0v) is 44.3. The number of para-hydroxylation sites is 6. The molecule has 0 N–H and O–H groups in total. The fourth-order valence-corrected chi connectivity index (χ4v) is 12.3. The number of pyridine rings is 2. The molecule has 0 bridgehead atoms. The molecular weight excluding hydrogens is 1000 g/mol. The average molecular weight is 1050 g/mol. The van der Waals surface area contributed by atoms with Crippen LogP contribution in [-0.4, -0.2) is 29.1 Å². The van der Waals surface area contributed by atoms with Crippen LogP contribution in [0, 0.1) is 0 Å². The minimum Gasteiger partial charge on any atom is -0.310 e. The van der Waals surface area contributed by atoms with E-state index in [0.29, 0.717) is 0 Å². The van der Waals surface area contributed by atoms with Crippen molar-refractivity contribution < 1.29 is 0 Å². The highest BCUT2D eigenvalue weighted by atomic mass is 15.2. The number of nitrogens with zero attached hydrogens (tertiary/aromatic N) is 8. The summed E-state index contributed by atoms with van der Waals surface area (Å²) < 4.78 is 4.72. The van der Waals surface area contributed by atoms with Crippen LogP contribution >= 0.6 is 0 Å². The summed E-state index contributed by atoms with van der Waals surface area (Å²) in [7, 11) is 0. The molecule has 16 aromatic rings. The molecule has 384 valence electrons. The number of hydrogen-bond acceptors (Lipinski definition) is 6. The van der Waals surface area contributed by atoms with E-state index in [4.69, 9.17) is 9.97 Å². The van der Waals surface area contributed by atoms with E-state index in [0.717, 1.165) is 101 Å². The van der Waals surface area contributed by atoms with E-state index in [1.165, 1.54) is 43.6 Å². The Morgan fingerprint density at radius 1 is 0.268 bits per heavy atom. The van der Waals surface area contributed by atoms with E-state index in [1.54, 1.807) is 0 Å². The second kappa shape index (κ2) is 19.3. The summed E-state index contributed by atoms with van der Waals surface area (Å²) in [6.45, 7) is 0. The van der Waals surface area contributed by atoms with Gasteiger partial charge in [0.05, 0.1) is 55.9 Å². The van der Waals surface area contributed by atoms with Gasteiger partial charge in [-0.15, -0.1) is 0 Å². The maximum atomic E-state index is 5.38. The molecule has 0 atom stereocenters. The number of aromatic nitrogens is 6.